The molecule has 9 heteroatoms. The lowest BCUT2D eigenvalue weighted by Crippen LogP contribution is -2.05. The zero-order chi connectivity index (χ0) is 19.0. The number of aromatic nitrogens is 4. The molecule has 136 valence electrons. The monoisotopic (exact) mass is 389 g/mol. The molecular formula is C18H11ClF3N5. The Kier molecular flexibility index (Phi) is 4.19. The molecule has 0 radical (unpaired) electrons. The van der Waals surface area contributed by atoms with E-state index in [1.165, 1.54) is 18.5 Å². The van der Waals surface area contributed by atoms with E-state index in [0.717, 1.165) is 17.8 Å². The first-order valence-corrected chi connectivity index (χ1v) is 8.18. The van der Waals surface area contributed by atoms with Crippen molar-refractivity contribution in [3.05, 3.63) is 71.6 Å². The van der Waals surface area contributed by atoms with Crippen LogP contribution < -0.4 is 5.32 Å². The minimum atomic E-state index is -4.42. The highest BCUT2D eigenvalue weighted by atomic mass is 35.5. The van der Waals surface area contributed by atoms with Gasteiger partial charge in [-0.15, -0.1) is 0 Å². The van der Waals surface area contributed by atoms with Gasteiger partial charge in [-0.25, -0.2) is 14.6 Å². The zero-order valence-corrected chi connectivity index (χ0v) is 14.3. The molecule has 0 spiro atoms. The molecule has 5 nitrogen and oxygen atoms in total. The second-order valence-corrected chi connectivity index (χ2v) is 6.13. The van der Waals surface area contributed by atoms with Crippen molar-refractivity contribution in [2.75, 3.05) is 5.32 Å². The van der Waals surface area contributed by atoms with Gasteiger partial charge in [0.2, 0.25) is 0 Å². The molecule has 0 aliphatic carbocycles. The van der Waals surface area contributed by atoms with E-state index in [9.17, 15) is 13.2 Å². The molecule has 0 bridgehead atoms. The van der Waals surface area contributed by atoms with Crippen LogP contribution in [0.3, 0.4) is 0 Å². The lowest BCUT2D eigenvalue weighted by Gasteiger charge is -2.10. The summed E-state index contributed by atoms with van der Waals surface area (Å²) in [5.41, 5.74) is 0.790. The van der Waals surface area contributed by atoms with Crippen LogP contribution in [0.5, 0.6) is 0 Å². The Labute approximate surface area is 156 Å². The van der Waals surface area contributed by atoms with Crippen molar-refractivity contribution < 1.29 is 13.2 Å². The summed E-state index contributed by atoms with van der Waals surface area (Å²) in [6, 6.07) is 11.9. The molecule has 27 heavy (non-hydrogen) atoms. The van der Waals surface area contributed by atoms with Crippen LogP contribution in [0.1, 0.15) is 5.56 Å². The highest BCUT2D eigenvalue weighted by Gasteiger charge is 2.30. The lowest BCUT2D eigenvalue weighted by atomic mass is 10.2. The fourth-order valence-electron chi connectivity index (χ4n) is 2.62. The van der Waals surface area contributed by atoms with Crippen molar-refractivity contribution in [3.8, 4) is 5.69 Å². The first-order chi connectivity index (χ1) is 12.9. The van der Waals surface area contributed by atoms with Crippen molar-refractivity contribution in [2.24, 2.45) is 0 Å². The maximum atomic E-state index is 12.9. The predicted molar refractivity (Wildman–Crippen MR) is 96.4 cm³/mol. The Hall–Kier alpha value is -3.13. The summed E-state index contributed by atoms with van der Waals surface area (Å²) in [5.74, 6) is 0.361. The third-order valence-electron chi connectivity index (χ3n) is 3.89. The van der Waals surface area contributed by atoms with Gasteiger partial charge in [0.15, 0.2) is 5.65 Å². The predicted octanol–water partition coefficient (Wildman–Crippen LogP) is 5.23. The summed E-state index contributed by atoms with van der Waals surface area (Å²) in [4.78, 5) is 8.37. The standard InChI is InChI=1S/C18H11ClF3N5/c19-12-4-6-14(7-5-12)27-17-15(9-25-27)16(23-10-24-17)26-13-3-1-2-11(8-13)18(20,21)22/h1-10H,(H,23,24,26). The second kappa shape index (κ2) is 6.55. The highest BCUT2D eigenvalue weighted by molar-refractivity contribution is 6.30. The summed E-state index contributed by atoms with van der Waals surface area (Å²) in [5, 5.41) is 8.38. The number of rotatable bonds is 3. The number of benzene rings is 2. The van der Waals surface area contributed by atoms with Crippen LogP contribution in [0.4, 0.5) is 24.7 Å². The molecule has 2 aromatic carbocycles. The van der Waals surface area contributed by atoms with Gasteiger partial charge in [-0.3, -0.25) is 0 Å². The van der Waals surface area contributed by atoms with Crippen molar-refractivity contribution >= 4 is 34.1 Å². The molecule has 0 fully saturated rings. The lowest BCUT2D eigenvalue weighted by molar-refractivity contribution is -0.137. The number of hydrogen-bond acceptors (Lipinski definition) is 4. The fraction of sp³-hybridized carbons (Fsp3) is 0.0556. The average Bonchev–Trinajstić information content (AvgIpc) is 3.07. The van der Waals surface area contributed by atoms with Crippen LogP contribution in [0.15, 0.2) is 61.1 Å². The molecule has 0 unspecified atom stereocenters. The van der Waals surface area contributed by atoms with Gasteiger partial charge in [0.1, 0.15) is 12.1 Å². The summed E-state index contributed by atoms with van der Waals surface area (Å²) in [7, 11) is 0. The van der Waals surface area contributed by atoms with Gasteiger partial charge in [-0.05, 0) is 42.5 Å². The Balaban J connectivity index is 1.73. The van der Waals surface area contributed by atoms with E-state index < -0.39 is 11.7 Å². The van der Waals surface area contributed by atoms with Crippen molar-refractivity contribution in [1.29, 1.82) is 0 Å². The van der Waals surface area contributed by atoms with Crippen LogP contribution in [-0.4, -0.2) is 19.7 Å². The number of halogens is 4. The number of hydrogen-bond donors (Lipinski definition) is 1. The van der Waals surface area contributed by atoms with E-state index >= 15 is 0 Å². The topological polar surface area (TPSA) is 55.6 Å². The van der Waals surface area contributed by atoms with Crippen LogP contribution in [-0.2, 0) is 6.18 Å². The minimum Gasteiger partial charge on any atom is -0.340 e. The van der Waals surface area contributed by atoms with Gasteiger partial charge in [0, 0.05) is 10.7 Å². The number of nitrogens with one attached hydrogen (secondary N) is 1. The molecule has 0 atom stereocenters. The van der Waals surface area contributed by atoms with E-state index in [1.54, 1.807) is 35.1 Å². The maximum absolute atomic E-state index is 12.9. The van der Waals surface area contributed by atoms with Gasteiger partial charge in [-0.2, -0.15) is 18.3 Å². The van der Waals surface area contributed by atoms with Crippen LogP contribution in [0.2, 0.25) is 5.02 Å². The third-order valence-corrected chi connectivity index (χ3v) is 4.14. The summed E-state index contributed by atoms with van der Waals surface area (Å²) in [6.45, 7) is 0. The van der Waals surface area contributed by atoms with Gasteiger partial charge in [-0.1, -0.05) is 17.7 Å². The SMILES string of the molecule is FC(F)(F)c1cccc(Nc2ncnc3c2cnn3-c2ccc(Cl)cc2)c1. The van der Waals surface area contributed by atoms with Gasteiger partial charge in [0.25, 0.3) is 0 Å². The zero-order valence-electron chi connectivity index (χ0n) is 13.6. The molecule has 0 saturated carbocycles. The minimum absolute atomic E-state index is 0.268. The molecule has 2 heterocycles. The molecule has 4 aromatic rings. The molecule has 4 rings (SSSR count). The molecule has 2 aromatic heterocycles. The average molecular weight is 390 g/mol. The van der Waals surface area contributed by atoms with Crippen LogP contribution in [0, 0.1) is 0 Å². The van der Waals surface area contributed by atoms with Crippen molar-refractivity contribution in [1.82, 2.24) is 19.7 Å². The number of nitrogens with zero attached hydrogens (tertiary/aromatic N) is 4. The van der Waals surface area contributed by atoms with Gasteiger partial charge in [0.05, 0.1) is 22.8 Å². The highest BCUT2D eigenvalue weighted by Crippen LogP contribution is 2.32. The quantitative estimate of drug-likeness (QED) is 0.521. The number of anilines is 2. The van der Waals surface area contributed by atoms with E-state index in [1.807, 2.05) is 0 Å². The first kappa shape index (κ1) is 17.3. The molecule has 0 aliphatic heterocycles. The first-order valence-electron chi connectivity index (χ1n) is 7.81. The second-order valence-electron chi connectivity index (χ2n) is 5.70. The summed E-state index contributed by atoms with van der Waals surface area (Å²) < 4.78 is 40.3. The van der Waals surface area contributed by atoms with Crippen LogP contribution in [0.25, 0.3) is 16.7 Å². The number of alkyl halides is 3. The molecule has 0 aliphatic rings. The van der Waals surface area contributed by atoms with Crippen LogP contribution >= 0.6 is 11.6 Å². The summed E-state index contributed by atoms with van der Waals surface area (Å²) >= 11 is 5.91. The van der Waals surface area contributed by atoms with E-state index in [2.05, 4.69) is 20.4 Å². The Morgan fingerprint density at radius 1 is 1.00 bits per heavy atom. The summed E-state index contributed by atoms with van der Waals surface area (Å²) in [6.07, 6.45) is -1.54. The Morgan fingerprint density at radius 2 is 1.78 bits per heavy atom. The maximum Gasteiger partial charge on any atom is 0.416 e. The van der Waals surface area contributed by atoms with E-state index in [0.29, 0.717) is 21.9 Å². The largest absolute Gasteiger partial charge is 0.416 e. The molecule has 0 amide bonds. The van der Waals surface area contributed by atoms with Gasteiger partial charge < -0.3 is 5.32 Å². The normalized spacial score (nSPS) is 11.7. The third kappa shape index (κ3) is 3.43. The number of fused-ring (bicyclic) bond motifs is 1. The van der Waals surface area contributed by atoms with Gasteiger partial charge >= 0.3 is 6.18 Å². The van der Waals surface area contributed by atoms with Crippen molar-refractivity contribution in [2.45, 2.75) is 6.18 Å². The van der Waals surface area contributed by atoms with Crippen molar-refractivity contribution in [3.63, 3.8) is 0 Å². The fourth-order valence-corrected chi connectivity index (χ4v) is 2.75. The molecule has 0 saturated heterocycles. The van der Waals surface area contributed by atoms with E-state index in [-0.39, 0.29) is 5.69 Å². The Bertz CT molecular complexity index is 1110. The Morgan fingerprint density at radius 3 is 2.52 bits per heavy atom. The molecular weight excluding hydrogens is 379 g/mol. The van der Waals surface area contributed by atoms with E-state index in [4.69, 9.17) is 11.6 Å². The smallest absolute Gasteiger partial charge is 0.340 e. The molecule has 1 N–H and O–H groups in total.